The zero-order valence-corrected chi connectivity index (χ0v) is 13.3. The molecule has 0 aliphatic heterocycles. The lowest BCUT2D eigenvalue weighted by atomic mass is 10.1. The zero-order valence-electron chi connectivity index (χ0n) is 12.5. The van der Waals surface area contributed by atoms with Crippen LogP contribution in [0.4, 0.5) is 4.39 Å². The molecule has 1 rings (SSSR count). The van der Waals surface area contributed by atoms with Crippen LogP contribution in [-0.4, -0.2) is 23.1 Å². The highest BCUT2D eigenvalue weighted by Crippen LogP contribution is 2.24. The SMILES string of the molecule is CCCNC(CSC(C)(C)C)Cc1cccc(F)c1. The number of halogens is 1. The van der Waals surface area contributed by atoms with Gasteiger partial charge in [0.05, 0.1) is 0 Å². The highest BCUT2D eigenvalue weighted by atomic mass is 32.2. The topological polar surface area (TPSA) is 12.0 Å². The fourth-order valence-electron chi connectivity index (χ4n) is 1.84. The van der Waals surface area contributed by atoms with E-state index >= 15 is 0 Å². The summed E-state index contributed by atoms with van der Waals surface area (Å²) in [5.41, 5.74) is 1.07. The summed E-state index contributed by atoms with van der Waals surface area (Å²) in [5, 5.41) is 3.57. The van der Waals surface area contributed by atoms with Crippen LogP contribution >= 0.6 is 11.8 Å². The van der Waals surface area contributed by atoms with Gasteiger partial charge in [-0.25, -0.2) is 4.39 Å². The van der Waals surface area contributed by atoms with Gasteiger partial charge >= 0.3 is 0 Å². The van der Waals surface area contributed by atoms with Crippen LogP contribution in [0.3, 0.4) is 0 Å². The van der Waals surface area contributed by atoms with Crippen LogP contribution in [0.25, 0.3) is 0 Å². The first-order chi connectivity index (χ1) is 8.90. The second-order valence-electron chi connectivity index (χ2n) is 5.91. The molecule has 1 atom stereocenters. The van der Waals surface area contributed by atoms with Crippen molar-refractivity contribution in [1.82, 2.24) is 5.32 Å². The maximum Gasteiger partial charge on any atom is 0.123 e. The second kappa shape index (κ2) is 7.91. The predicted molar refractivity (Wildman–Crippen MR) is 84.4 cm³/mol. The van der Waals surface area contributed by atoms with Crippen LogP contribution in [-0.2, 0) is 6.42 Å². The van der Waals surface area contributed by atoms with Gasteiger partial charge in [-0.1, -0.05) is 39.8 Å². The Kier molecular flexibility index (Phi) is 6.87. The van der Waals surface area contributed by atoms with Crippen LogP contribution in [0.5, 0.6) is 0 Å². The van der Waals surface area contributed by atoms with Gasteiger partial charge in [-0.2, -0.15) is 11.8 Å². The average molecular weight is 283 g/mol. The van der Waals surface area contributed by atoms with E-state index in [0.29, 0.717) is 6.04 Å². The molecule has 0 aliphatic carbocycles. The lowest BCUT2D eigenvalue weighted by Gasteiger charge is -2.24. The van der Waals surface area contributed by atoms with Crippen LogP contribution < -0.4 is 5.32 Å². The van der Waals surface area contributed by atoms with E-state index in [1.807, 2.05) is 17.8 Å². The van der Waals surface area contributed by atoms with E-state index in [1.165, 1.54) is 6.07 Å². The summed E-state index contributed by atoms with van der Waals surface area (Å²) in [5.74, 6) is 0.912. The van der Waals surface area contributed by atoms with E-state index in [1.54, 1.807) is 12.1 Å². The van der Waals surface area contributed by atoms with E-state index in [9.17, 15) is 4.39 Å². The van der Waals surface area contributed by atoms with Crippen molar-refractivity contribution >= 4 is 11.8 Å². The molecular weight excluding hydrogens is 257 g/mol. The van der Waals surface area contributed by atoms with Crippen LogP contribution in [0, 0.1) is 5.82 Å². The Balaban J connectivity index is 2.58. The molecule has 1 N–H and O–H groups in total. The zero-order chi connectivity index (χ0) is 14.3. The Labute approximate surface area is 121 Å². The van der Waals surface area contributed by atoms with Crippen LogP contribution in [0.2, 0.25) is 0 Å². The van der Waals surface area contributed by atoms with Gasteiger partial charge < -0.3 is 5.32 Å². The molecule has 1 unspecified atom stereocenters. The van der Waals surface area contributed by atoms with E-state index in [0.717, 1.165) is 30.7 Å². The molecule has 1 aromatic carbocycles. The predicted octanol–water partition coefficient (Wildman–Crippen LogP) is 4.27. The molecule has 1 nitrogen and oxygen atoms in total. The number of hydrogen-bond acceptors (Lipinski definition) is 2. The molecule has 0 heterocycles. The lowest BCUT2D eigenvalue weighted by molar-refractivity contribution is 0.546. The Bertz CT molecular complexity index is 373. The summed E-state index contributed by atoms with van der Waals surface area (Å²) in [6.07, 6.45) is 2.01. The van der Waals surface area contributed by atoms with Crippen molar-refractivity contribution in [2.24, 2.45) is 0 Å². The number of benzene rings is 1. The third-order valence-electron chi connectivity index (χ3n) is 2.77. The maximum atomic E-state index is 13.2. The van der Waals surface area contributed by atoms with Crippen molar-refractivity contribution in [2.75, 3.05) is 12.3 Å². The summed E-state index contributed by atoms with van der Waals surface area (Å²) in [7, 11) is 0. The Morgan fingerprint density at radius 1 is 1.32 bits per heavy atom. The molecule has 0 saturated heterocycles. The fourth-order valence-corrected chi connectivity index (χ4v) is 2.77. The molecule has 0 aliphatic rings. The maximum absolute atomic E-state index is 13.2. The minimum atomic E-state index is -0.143. The van der Waals surface area contributed by atoms with Crippen LogP contribution in [0.1, 0.15) is 39.7 Å². The Morgan fingerprint density at radius 2 is 2.05 bits per heavy atom. The number of rotatable bonds is 7. The first-order valence-electron chi connectivity index (χ1n) is 7.02. The minimum absolute atomic E-state index is 0.143. The third kappa shape index (κ3) is 7.58. The van der Waals surface area contributed by atoms with Crippen molar-refractivity contribution in [3.63, 3.8) is 0 Å². The highest BCUT2D eigenvalue weighted by Gasteiger charge is 2.16. The van der Waals surface area contributed by atoms with E-state index < -0.39 is 0 Å². The molecule has 0 fully saturated rings. The van der Waals surface area contributed by atoms with Crippen molar-refractivity contribution in [1.29, 1.82) is 0 Å². The monoisotopic (exact) mass is 283 g/mol. The average Bonchev–Trinajstić information content (AvgIpc) is 2.31. The largest absolute Gasteiger partial charge is 0.313 e. The highest BCUT2D eigenvalue weighted by molar-refractivity contribution is 8.00. The van der Waals surface area contributed by atoms with Crippen molar-refractivity contribution < 1.29 is 4.39 Å². The van der Waals surface area contributed by atoms with Gasteiger partial charge in [0.1, 0.15) is 5.82 Å². The lowest BCUT2D eigenvalue weighted by Crippen LogP contribution is -2.35. The molecule has 108 valence electrons. The van der Waals surface area contributed by atoms with Gasteiger partial charge in [-0.05, 0) is 37.1 Å². The van der Waals surface area contributed by atoms with E-state index in [-0.39, 0.29) is 10.6 Å². The first-order valence-corrected chi connectivity index (χ1v) is 8.01. The third-order valence-corrected chi connectivity index (χ3v) is 4.21. The van der Waals surface area contributed by atoms with Gasteiger partial charge in [0, 0.05) is 16.5 Å². The van der Waals surface area contributed by atoms with Crippen molar-refractivity contribution in [2.45, 2.75) is 51.3 Å². The van der Waals surface area contributed by atoms with E-state index in [4.69, 9.17) is 0 Å². The summed E-state index contributed by atoms with van der Waals surface area (Å²) in [6, 6.07) is 7.35. The smallest absolute Gasteiger partial charge is 0.123 e. The molecule has 0 spiro atoms. The van der Waals surface area contributed by atoms with Gasteiger partial charge in [-0.15, -0.1) is 0 Å². The van der Waals surface area contributed by atoms with Gasteiger partial charge in [-0.3, -0.25) is 0 Å². The Hall–Kier alpha value is -0.540. The number of nitrogens with one attached hydrogen (secondary N) is 1. The number of thioether (sulfide) groups is 1. The second-order valence-corrected chi connectivity index (χ2v) is 7.76. The molecule has 0 amide bonds. The van der Waals surface area contributed by atoms with Crippen molar-refractivity contribution in [3.05, 3.63) is 35.6 Å². The standard InChI is InChI=1S/C16H26FNS/c1-5-9-18-15(12-19-16(2,3)4)11-13-7-6-8-14(17)10-13/h6-8,10,15,18H,5,9,11-12H2,1-4H3. The fraction of sp³-hybridized carbons (Fsp3) is 0.625. The molecular formula is C16H26FNS. The van der Waals surface area contributed by atoms with Gasteiger partial charge in [0.25, 0.3) is 0 Å². The molecule has 0 radical (unpaired) electrons. The normalized spacial score (nSPS) is 13.5. The Morgan fingerprint density at radius 3 is 2.63 bits per heavy atom. The summed E-state index contributed by atoms with van der Waals surface area (Å²) in [6.45, 7) is 9.89. The van der Waals surface area contributed by atoms with Gasteiger partial charge in [0.2, 0.25) is 0 Å². The summed E-state index contributed by atoms with van der Waals surface area (Å²) in [4.78, 5) is 0. The number of hydrogen-bond donors (Lipinski definition) is 1. The molecule has 3 heteroatoms. The molecule has 0 bridgehead atoms. The first kappa shape index (κ1) is 16.5. The summed E-state index contributed by atoms with van der Waals surface area (Å²) < 4.78 is 13.5. The minimum Gasteiger partial charge on any atom is -0.313 e. The van der Waals surface area contributed by atoms with Crippen LogP contribution in [0.15, 0.2) is 24.3 Å². The summed E-state index contributed by atoms with van der Waals surface area (Å²) >= 11 is 1.96. The molecule has 1 aromatic rings. The molecule has 0 saturated carbocycles. The molecule has 19 heavy (non-hydrogen) atoms. The van der Waals surface area contributed by atoms with Crippen molar-refractivity contribution in [3.8, 4) is 0 Å². The van der Waals surface area contributed by atoms with Gasteiger partial charge in [0.15, 0.2) is 0 Å². The van der Waals surface area contributed by atoms with E-state index in [2.05, 4.69) is 33.0 Å². The quantitative estimate of drug-likeness (QED) is 0.802. The molecule has 0 aromatic heterocycles.